The van der Waals surface area contributed by atoms with Gasteiger partial charge in [-0.25, -0.2) is 4.57 Å². The monoisotopic (exact) mass is 298 g/mol. The highest BCUT2D eigenvalue weighted by atomic mass is 16.1. The molecule has 5 nitrogen and oxygen atoms in total. The van der Waals surface area contributed by atoms with E-state index in [1.165, 1.54) is 13.8 Å². The van der Waals surface area contributed by atoms with Crippen LogP contribution in [0.1, 0.15) is 40.3 Å². The number of Topliss-reactive ketones (excluding diaryl/α,β-unsaturated/α-hetero) is 2. The summed E-state index contributed by atoms with van der Waals surface area (Å²) in [6.07, 6.45) is 0. The lowest BCUT2D eigenvalue weighted by atomic mass is 9.96. The first kappa shape index (κ1) is 15.7. The first-order chi connectivity index (χ1) is 10.2. The fraction of sp³-hybridized carbons (Fsp3) is 0.235. The summed E-state index contributed by atoms with van der Waals surface area (Å²) in [6.45, 7) is 4.86. The second-order valence-corrected chi connectivity index (χ2v) is 5.47. The molecule has 0 amide bonds. The Balaban J connectivity index is 2.77. The standard InChI is InChI=1S/C17H19N3O2/c1-9-5-15(16(18)17(19)20(9)4)14-7-12(10(2)21)6-13(8-14)11(3)22/h5-8,19H,18H2,1-4H3/p+1. The molecule has 1 heterocycles. The molecule has 2 rings (SSSR count). The molecule has 2 aromatic rings. The summed E-state index contributed by atoms with van der Waals surface area (Å²) in [5.41, 5.74) is 15.9. The van der Waals surface area contributed by atoms with Crippen LogP contribution in [0.25, 0.3) is 11.1 Å². The van der Waals surface area contributed by atoms with Gasteiger partial charge in [0.25, 0.3) is 5.82 Å². The molecule has 0 spiro atoms. The number of benzene rings is 1. The van der Waals surface area contributed by atoms with Crippen molar-refractivity contribution >= 4 is 23.1 Å². The lowest BCUT2D eigenvalue weighted by Crippen LogP contribution is -2.36. The van der Waals surface area contributed by atoms with Crippen molar-refractivity contribution in [3.05, 3.63) is 41.1 Å². The predicted octanol–water partition coefficient (Wildman–Crippen LogP) is 2.06. The molecule has 0 bridgehead atoms. The summed E-state index contributed by atoms with van der Waals surface area (Å²) < 4.78 is 1.79. The number of nitrogen functional groups attached to an aromatic ring is 2. The van der Waals surface area contributed by atoms with E-state index >= 15 is 0 Å². The van der Waals surface area contributed by atoms with Crippen LogP contribution >= 0.6 is 0 Å². The molecular formula is C17H20N3O2+. The molecule has 1 aromatic heterocycles. The number of anilines is 2. The third kappa shape index (κ3) is 2.70. The first-order valence-corrected chi connectivity index (χ1v) is 6.94. The topological polar surface area (TPSA) is 90.1 Å². The second kappa shape index (κ2) is 5.60. The van der Waals surface area contributed by atoms with Gasteiger partial charge in [0.2, 0.25) is 0 Å². The van der Waals surface area contributed by atoms with E-state index in [0.29, 0.717) is 28.2 Å². The Morgan fingerprint density at radius 2 is 1.45 bits per heavy atom. The van der Waals surface area contributed by atoms with Crippen LogP contribution < -0.4 is 16.0 Å². The lowest BCUT2D eigenvalue weighted by molar-refractivity contribution is -0.662. The largest absolute Gasteiger partial charge is 0.392 e. The predicted molar refractivity (Wildman–Crippen MR) is 86.6 cm³/mol. The van der Waals surface area contributed by atoms with Gasteiger partial charge in [0, 0.05) is 16.7 Å². The number of hydrogen-bond donors (Lipinski definition) is 2. The average Bonchev–Trinajstić information content (AvgIpc) is 2.48. The number of nitrogens with two attached hydrogens (primary N) is 2. The number of aromatic nitrogens is 1. The highest BCUT2D eigenvalue weighted by Gasteiger charge is 2.17. The maximum absolute atomic E-state index is 11.7. The van der Waals surface area contributed by atoms with E-state index in [0.717, 1.165) is 11.3 Å². The van der Waals surface area contributed by atoms with Crippen molar-refractivity contribution in [1.82, 2.24) is 0 Å². The Morgan fingerprint density at radius 1 is 0.955 bits per heavy atom. The van der Waals surface area contributed by atoms with Crippen molar-refractivity contribution in [3.63, 3.8) is 0 Å². The highest BCUT2D eigenvalue weighted by molar-refractivity contribution is 6.02. The van der Waals surface area contributed by atoms with Crippen LogP contribution in [0.4, 0.5) is 11.5 Å². The minimum Gasteiger partial charge on any atom is -0.392 e. The summed E-state index contributed by atoms with van der Waals surface area (Å²) in [4.78, 5) is 23.4. The summed E-state index contributed by atoms with van der Waals surface area (Å²) in [5.74, 6) is 0.246. The lowest BCUT2D eigenvalue weighted by Gasteiger charge is -2.12. The van der Waals surface area contributed by atoms with Gasteiger partial charge in [-0.3, -0.25) is 15.3 Å². The zero-order chi connectivity index (χ0) is 16.6. The minimum atomic E-state index is -0.103. The molecule has 5 heteroatoms. The number of pyridine rings is 1. The number of rotatable bonds is 3. The third-order valence-electron chi connectivity index (χ3n) is 3.87. The molecule has 0 unspecified atom stereocenters. The van der Waals surface area contributed by atoms with Crippen LogP contribution in [-0.4, -0.2) is 11.6 Å². The summed E-state index contributed by atoms with van der Waals surface area (Å²) in [5, 5.41) is 0. The van der Waals surface area contributed by atoms with E-state index < -0.39 is 0 Å². The molecule has 0 saturated heterocycles. The van der Waals surface area contributed by atoms with Crippen LogP contribution in [0.2, 0.25) is 0 Å². The van der Waals surface area contributed by atoms with Crippen LogP contribution in [-0.2, 0) is 7.05 Å². The van der Waals surface area contributed by atoms with Crippen LogP contribution in [0.5, 0.6) is 0 Å². The molecule has 0 aliphatic rings. The molecule has 114 valence electrons. The van der Waals surface area contributed by atoms with Gasteiger partial charge in [0.05, 0.1) is 7.05 Å². The van der Waals surface area contributed by atoms with E-state index in [4.69, 9.17) is 11.5 Å². The Kier molecular flexibility index (Phi) is 3.99. The maximum atomic E-state index is 11.7. The summed E-state index contributed by atoms with van der Waals surface area (Å²) >= 11 is 0. The number of hydrogen-bond acceptors (Lipinski definition) is 4. The number of carbonyl (C=O) groups is 2. The van der Waals surface area contributed by atoms with Crippen molar-refractivity contribution in [2.45, 2.75) is 20.8 Å². The molecule has 0 atom stereocenters. The van der Waals surface area contributed by atoms with E-state index in [2.05, 4.69) is 0 Å². The second-order valence-electron chi connectivity index (χ2n) is 5.47. The van der Waals surface area contributed by atoms with Crippen molar-refractivity contribution in [2.75, 3.05) is 11.5 Å². The Morgan fingerprint density at radius 3 is 1.91 bits per heavy atom. The Hall–Kier alpha value is -2.69. The molecule has 0 fully saturated rings. The highest BCUT2D eigenvalue weighted by Crippen LogP contribution is 2.30. The summed E-state index contributed by atoms with van der Waals surface area (Å²) in [7, 11) is 1.83. The normalized spacial score (nSPS) is 10.5. The van der Waals surface area contributed by atoms with Gasteiger partial charge in [-0.05, 0) is 50.6 Å². The Bertz CT molecular complexity index is 763. The molecule has 0 aliphatic carbocycles. The fourth-order valence-corrected chi connectivity index (χ4v) is 2.32. The summed E-state index contributed by atoms with van der Waals surface area (Å²) in [6, 6.07) is 6.97. The third-order valence-corrected chi connectivity index (χ3v) is 3.87. The van der Waals surface area contributed by atoms with Crippen LogP contribution in [0, 0.1) is 6.92 Å². The molecule has 0 aliphatic heterocycles. The van der Waals surface area contributed by atoms with Gasteiger partial charge in [-0.15, -0.1) is 0 Å². The van der Waals surface area contributed by atoms with Gasteiger partial charge in [-0.2, -0.15) is 0 Å². The van der Waals surface area contributed by atoms with Crippen molar-refractivity contribution < 1.29 is 14.2 Å². The SMILES string of the molecule is CC(=O)c1cc(C(C)=O)cc(-c2cc(C)[n+](C)c(N)c2N)c1. The van der Waals surface area contributed by atoms with Crippen molar-refractivity contribution in [1.29, 1.82) is 0 Å². The molecule has 22 heavy (non-hydrogen) atoms. The number of nitrogens with zero attached hydrogens (tertiary/aromatic N) is 1. The smallest absolute Gasteiger partial charge is 0.296 e. The average molecular weight is 298 g/mol. The quantitative estimate of drug-likeness (QED) is 0.670. The van der Waals surface area contributed by atoms with Gasteiger partial charge in [-0.1, -0.05) is 0 Å². The molecule has 0 radical (unpaired) electrons. The van der Waals surface area contributed by atoms with Crippen LogP contribution in [0.3, 0.4) is 0 Å². The zero-order valence-electron chi connectivity index (χ0n) is 13.2. The van der Waals surface area contributed by atoms with Crippen LogP contribution in [0.15, 0.2) is 24.3 Å². The zero-order valence-corrected chi connectivity index (χ0v) is 13.2. The maximum Gasteiger partial charge on any atom is 0.296 e. The molecular weight excluding hydrogens is 278 g/mol. The van der Waals surface area contributed by atoms with E-state index in [1.807, 2.05) is 20.0 Å². The molecule has 0 saturated carbocycles. The van der Waals surface area contributed by atoms with Gasteiger partial charge < -0.3 is 5.73 Å². The van der Waals surface area contributed by atoms with Gasteiger partial charge in [0.1, 0.15) is 11.4 Å². The van der Waals surface area contributed by atoms with Crippen molar-refractivity contribution in [2.24, 2.45) is 7.05 Å². The van der Waals surface area contributed by atoms with Gasteiger partial charge in [0.15, 0.2) is 11.6 Å². The Labute approximate surface area is 129 Å². The van der Waals surface area contributed by atoms with E-state index in [9.17, 15) is 9.59 Å². The minimum absolute atomic E-state index is 0.103. The van der Waals surface area contributed by atoms with E-state index in [-0.39, 0.29) is 11.6 Å². The first-order valence-electron chi connectivity index (χ1n) is 6.94. The number of ketones is 2. The van der Waals surface area contributed by atoms with E-state index in [1.54, 1.807) is 22.8 Å². The molecule has 4 N–H and O–H groups in total. The molecule has 1 aromatic carbocycles. The fourth-order valence-electron chi connectivity index (χ4n) is 2.32. The van der Waals surface area contributed by atoms with Gasteiger partial charge >= 0.3 is 0 Å². The van der Waals surface area contributed by atoms with Crippen molar-refractivity contribution in [3.8, 4) is 11.1 Å². The number of carbonyl (C=O) groups excluding carboxylic acids is 2. The number of aryl methyl sites for hydroxylation is 1.